The highest BCUT2D eigenvalue weighted by Gasteiger charge is 2.43. The number of hydrogen-bond donors (Lipinski definition) is 4. The van der Waals surface area contributed by atoms with E-state index in [9.17, 15) is 43.2 Å². The summed E-state index contributed by atoms with van der Waals surface area (Å²) in [5.41, 5.74) is -0.985. The third kappa shape index (κ3) is 16.8. The number of carbonyl (C=O) groups is 9. The smallest absolute Gasteiger partial charge is 0.338 e. The number of nitrogens with one attached hydrogen (secondary N) is 4. The van der Waals surface area contributed by atoms with Crippen LogP contribution in [0.2, 0.25) is 0 Å². The van der Waals surface area contributed by atoms with Crippen LogP contribution in [0.1, 0.15) is 108 Å². The standard InChI is InChI=1S/C43H78N8O11/c1-19-20-32(52)51(16)34(42(60)61-17)41(59)50(15)31(23-43(10,11)62-18)38(56)47-33(26(6)7)40(58)49(14)30(22-25(4)5)37(55)45-27(8)35(53)46-28(9)39(57)48(13)29(21-24(2)3)36(54)44-12/h24-31,33-34H,19-23H2,1-18H3,(H,44,54)(H,45,55)(H,46,53)(H,47,56)/t27-,28-,29+,30+,31+,33+,34?/m1/s1. The van der Waals surface area contributed by atoms with Crippen LogP contribution in [0.15, 0.2) is 0 Å². The molecule has 0 aromatic carbocycles. The Balaban J connectivity index is 6.54. The zero-order valence-electron chi connectivity index (χ0n) is 40.6. The molecule has 0 aliphatic heterocycles. The third-order valence-corrected chi connectivity index (χ3v) is 10.8. The lowest BCUT2D eigenvalue weighted by atomic mass is 9.94. The first kappa shape index (κ1) is 57.2. The maximum atomic E-state index is 14.3. The van der Waals surface area contributed by atoms with Crippen molar-refractivity contribution >= 4 is 53.2 Å². The van der Waals surface area contributed by atoms with E-state index in [0.29, 0.717) is 12.8 Å². The van der Waals surface area contributed by atoms with Crippen LogP contribution in [-0.2, 0) is 52.6 Å². The highest BCUT2D eigenvalue weighted by molar-refractivity contribution is 6.06. The van der Waals surface area contributed by atoms with E-state index in [0.717, 1.165) is 16.9 Å². The average Bonchev–Trinajstić information content (AvgIpc) is 3.20. The van der Waals surface area contributed by atoms with E-state index in [-0.39, 0.29) is 37.0 Å². The highest BCUT2D eigenvalue weighted by Crippen LogP contribution is 2.22. The largest absolute Gasteiger partial charge is 0.467 e. The van der Waals surface area contributed by atoms with Crippen LogP contribution < -0.4 is 21.3 Å². The molecule has 0 heterocycles. The minimum Gasteiger partial charge on any atom is -0.467 e. The van der Waals surface area contributed by atoms with Gasteiger partial charge in [0.25, 0.3) is 5.91 Å². The van der Waals surface area contributed by atoms with Crippen LogP contribution in [0.5, 0.6) is 0 Å². The average molecular weight is 883 g/mol. The van der Waals surface area contributed by atoms with E-state index in [1.807, 2.05) is 27.7 Å². The number of ether oxygens (including phenoxy) is 2. The number of carbonyl (C=O) groups excluding carboxylic acids is 9. The molecule has 4 N–H and O–H groups in total. The van der Waals surface area contributed by atoms with Gasteiger partial charge in [-0.3, -0.25) is 38.4 Å². The van der Waals surface area contributed by atoms with Gasteiger partial charge in [0.15, 0.2) is 0 Å². The van der Waals surface area contributed by atoms with E-state index in [4.69, 9.17) is 9.47 Å². The van der Waals surface area contributed by atoms with Crippen molar-refractivity contribution in [3.8, 4) is 0 Å². The van der Waals surface area contributed by atoms with Crippen molar-refractivity contribution < 1.29 is 52.6 Å². The van der Waals surface area contributed by atoms with E-state index < -0.39 is 101 Å². The van der Waals surface area contributed by atoms with Gasteiger partial charge in [-0.1, -0.05) is 48.5 Å². The number of methoxy groups -OCH3 is 2. The topological polar surface area (TPSA) is 233 Å². The van der Waals surface area contributed by atoms with Crippen LogP contribution in [0.25, 0.3) is 0 Å². The molecule has 0 aromatic heterocycles. The summed E-state index contributed by atoms with van der Waals surface area (Å²) in [7, 11) is 9.53. The molecule has 0 fully saturated rings. The van der Waals surface area contributed by atoms with Gasteiger partial charge in [0.1, 0.15) is 36.3 Å². The second-order valence-corrected chi connectivity index (χ2v) is 17.8. The fraction of sp³-hybridized carbons (Fsp3) is 0.791. The lowest BCUT2D eigenvalue weighted by Crippen LogP contribution is -2.62. The summed E-state index contributed by atoms with van der Waals surface area (Å²) in [5.74, 6) is -6.44. The minimum absolute atomic E-state index is 0.0633. The molecule has 356 valence electrons. The van der Waals surface area contributed by atoms with Gasteiger partial charge in [0.2, 0.25) is 47.4 Å². The lowest BCUT2D eigenvalue weighted by Gasteiger charge is -2.38. The molecule has 1 unspecified atom stereocenters. The van der Waals surface area contributed by atoms with Crippen molar-refractivity contribution in [3.05, 3.63) is 0 Å². The van der Waals surface area contributed by atoms with Crippen LogP contribution in [-0.4, -0.2) is 170 Å². The van der Waals surface area contributed by atoms with Gasteiger partial charge in [0, 0.05) is 55.2 Å². The zero-order chi connectivity index (χ0) is 48.6. The third-order valence-electron chi connectivity index (χ3n) is 10.8. The molecule has 0 saturated heterocycles. The summed E-state index contributed by atoms with van der Waals surface area (Å²) in [6, 6.07) is -8.26. The van der Waals surface area contributed by atoms with Crippen molar-refractivity contribution in [2.75, 3.05) is 49.5 Å². The van der Waals surface area contributed by atoms with E-state index in [2.05, 4.69) is 21.3 Å². The van der Waals surface area contributed by atoms with Crippen molar-refractivity contribution in [3.63, 3.8) is 0 Å². The van der Waals surface area contributed by atoms with E-state index in [1.54, 1.807) is 34.6 Å². The highest BCUT2D eigenvalue weighted by atomic mass is 16.5. The van der Waals surface area contributed by atoms with Crippen LogP contribution in [0.3, 0.4) is 0 Å². The second-order valence-electron chi connectivity index (χ2n) is 17.8. The van der Waals surface area contributed by atoms with E-state index >= 15 is 0 Å². The van der Waals surface area contributed by atoms with Crippen LogP contribution in [0.4, 0.5) is 0 Å². The van der Waals surface area contributed by atoms with Crippen LogP contribution in [0, 0.1) is 17.8 Å². The molecule has 0 saturated carbocycles. The number of hydrogen-bond acceptors (Lipinski definition) is 11. The molecule has 7 atom stereocenters. The Bertz CT molecular complexity index is 1570. The molecule has 0 aromatic rings. The Morgan fingerprint density at radius 3 is 1.47 bits per heavy atom. The first-order valence-electron chi connectivity index (χ1n) is 21.4. The molecule has 0 bridgehead atoms. The summed E-state index contributed by atoms with van der Waals surface area (Å²) in [6.45, 7) is 19.0. The zero-order valence-corrected chi connectivity index (χ0v) is 40.6. The predicted octanol–water partition coefficient (Wildman–Crippen LogP) is 1.07. The summed E-state index contributed by atoms with van der Waals surface area (Å²) < 4.78 is 10.5. The van der Waals surface area contributed by atoms with Gasteiger partial charge in [-0.05, 0) is 64.7 Å². The molecule has 0 aliphatic rings. The molecule has 0 spiro atoms. The van der Waals surface area contributed by atoms with Gasteiger partial charge in [-0.25, -0.2) is 4.79 Å². The summed E-state index contributed by atoms with van der Waals surface area (Å²) >= 11 is 0. The summed E-state index contributed by atoms with van der Waals surface area (Å²) in [4.78, 5) is 126. The Hall–Kier alpha value is -4.81. The first-order chi connectivity index (χ1) is 28.5. The Labute approximate surface area is 369 Å². The van der Waals surface area contributed by atoms with Gasteiger partial charge in [-0.2, -0.15) is 0 Å². The Morgan fingerprint density at radius 2 is 1.03 bits per heavy atom. The first-order valence-corrected chi connectivity index (χ1v) is 21.4. The quantitative estimate of drug-likeness (QED) is 0.0749. The molecule has 0 rings (SSSR count). The van der Waals surface area contributed by atoms with Gasteiger partial charge < -0.3 is 50.3 Å². The van der Waals surface area contributed by atoms with Crippen molar-refractivity contribution in [1.29, 1.82) is 0 Å². The number of nitrogens with zero attached hydrogens (tertiary/aromatic N) is 4. The van der Waals surface area contributed by atoms with Crippen molar-refractivity contribution in [1.82, 2.24) is 40.9 Å². The van der Waals surface area contributed by atoms with Crippen LogP contribution >= 0.6 is 0 Å². The number of likely N-dealkylation sites (N-methyl/N-ethyl adjacent to an activating group) is 5. The molecular formula is C43H78N8O11. The molecule has 0 radical (unpaired) electrons. The fourth-order valence-corrected chi connectivity index (χ4v) is 6.68. The molecule has 19 heteroatoms. The Morgan fingerprint density at radius 1 is 0.581 bits per heavy atom. The maximum Gasteiger partial charge on any atom is 0.338 e. The normalized spacial score (nSPS) is 14.9. The number of amides is 8. The Kier molecular flexibility index (Phi) is 23.9. The monoisotopic (exact) mass is 883 g/mol. The molecule has 0 aliphatic carbocycles. The van der Waals surface area contributed by atoms with E-state index in [1.165, 1.54) is 66.0 Å². The maximum absolute atomic E-state index is 14.3. The summed E-state index contributed by atoms with van der Waals surface area (Å²) in [6.07, 6.45) is 1.02. The molecule has 19 nitrogen and oxygen atoms in total. The van der Waals surface area contributed by atoms with Gasteiger partial charge in [0.05, 0.1) is 12.7 Å². The summed E-state index contributed by atoms with van der Waals surface area (Å²) in [5, 5.41) is 10.6. The molecular weight excluding hydrogens is 805 g/mol. The predicted molar refractivity (Wildman–Crippen MR) is 234 cm³/mol. The SMILES string of the molecule is CCCC(=O)N(C)C(C(=O)OC)C(=O)N(C)[C@@H](CC(C)(C)OC)C(=O)N[C@H](C(=O)N(C)[C@@H](CC(C)C)C(=O)N[C@H](C)C(=O)N[C@H](C)C(=O)N(C)[C@@H](CC(C)C)C(=O)NC)C(C)C. The molecule has 8 amide bonds. The van der Waals surface area contributed by atoms with Crippen molar-refractivity contribution in [2.45, 2.75) is 156 Å². The lowest BCUT2D eigenvalue weighted by molar-refractivity contribution is -0.161. The minimum atomic E-state index is -1.69. The number of esters is 1. The van der Waals surface area contributed by atoms with Gasteiger partial charge >= 0.3 is 5.97 Å². The fourth-order valence-electron chi connectivity index (χ4n) is 6.68. The second kappa shape index (κ2) is 26.0. The number of rotatable bonds is 25. The molecule has 62 heavy (non-hydrogen) atoms. The van der Waals surface area contributed by atoms with Crippen molar-refractivity contribution in [2.24, 2.45) is 17.8 Å². The van der Waals surface area contributed by atoms with Gasteiger partial charge in [-0.15, -0.1) is 0 Å².